The predicted octanol–water partition coefficient (Wildman–Crippen LogP) is 3.69. The Kier molecular flexibility index (Phi) is 4.45. The number of aromatic hydroxyl groups is 1. The van der Waals surface area contributed by atoms with Crippen molar-refractivity contribution in [3.8, 4) is 5.75 Å². The first-order chi connectivity index (χ1) is 8.98. The molecule has 1 fully saturated rings. The minimum absolute atomic E-state index is 0.446. The smallest absolute Gasteiger partial charge is 0.123 e. The van der Waals surface area contributed by atoms with Gasteiger partial charge in [0.2, 0.25) is 0 Å². The molecule has 0 unspecified atom stereocenters. The summed E-state index contributed by atoms with van der Waals surface area (Å²) in [5.74, 6) is 0.446. The third-order valence-electron chi connectivity index (χ3n) is 3.87. The monoisotopic (exact) mass is 275 g/mol. The van der Waals surface area contributed by atoms with Gasteiger partial charge in [-0.25, -0.2) is 0 Å². The number of nitrogens with zero attached hydrogens (tertiary/aromatic N) is 1. The van der Waals surface area contributed by atoms with Crippen LogP contribution in [0.2, 0.25) is 19.6 Å². The minimum atomic E-state index is -1.49. The van der Waals surface area contributed by atoms with Gasteiger partial charge >= 0.3 is 0 Å². The summed E-state index contributed by atoms with van der Waals surface area (Å²) >= 11 is 0. The zero-order valence-electron chi connectivity index (χ0n) is 12.3. The van der Waals surface area contributed by atoms with Crippen molar-refractivity contribution in [2.24, 2.45) is 4.99 Å². The van der Waals surface area contributed by atoms with Crippen LogP contribution in [0, 0.1) is 0 Å². The topological polar surface area (TPSA) is 32.6 Å². The van der Waals surface area contributed by atoms with E-state index in [-0.39, 0.29) is 0 Å². The summed E-state index contributed by atoms with van der Waals surface area (Å²) in [5.41, 5.74) is 0.880. The van der Waals surface area contributed by atoms with Crippen LogP contribution < -0.4 is 5.19 Å². The molecule has 1 aliphatic rings. The van der Waals surface area contributed by atoms with Crippen LogP contribution in [-0.2, 0) is 0 Å². The molecule has 0 aliphatic heterocycles. The molecule has 0 heterocycles. The third kappa shape index (κ3) is 3.69. The molecule has 0 aromatic heterocycles. The Balaban J connectivity index is 2.18. The number of phenols is 1. The fourth-order valence-corrected chi connectivity index (χ4v) is 4.14. The Bertz CT molecular complexity index is 456. The van der Waals surface area contributed by atoms with Crippen molar-refractivity contribution in [3.63, 3.8) is 0 Å². The molecule has 2 rings (SSSR count). The zero-order valence-corrected chi connectivity index (χ0v) is 13.3. The molecule has 1 aliphatic carbocycles. The lowest BCUT2D eigenvalue weighted by molar-refractivity contribution is 0.444. The van der Waals surface area contributed by atoms with E-state index < -0.39 is 8.07 Å². The Labute approximate surface area is 117 Å². The number of phenolic OH excluding ortho intramolecular Hbond substituents is 1. The maximum atomic E-state index is 10.4. The molecule has 0 spiro atoms. The van der Waals surface area contributed by atoms with Gasteiger partial charge in [-0.2, -0.15) is 0 Å². The van der Waals surface area contributed by atoms with Gasteiger partial charge < -0.3 is 5.11 Å². The van der Waals surface area contributed by atoms with Gasteiger partial charge in [0.05, 0.1) is 8.07 Å². The molecule has 1 saturated carbocycles. The lowest BCUT2D eigenvalue weighted by Crippen LogP contribution is -2.38. The maximum Gasteiger partial charge on any atom is 0.123 e. The van der Waals surface area contributed by atoms with Crippen molar-refractivity contribution < 1.29 is 5.11 Å². The second-order valence-corrected chi connectivity index (χ2v) is 11.6. The number of para-hydroxylation sites is 1. The number of hydrogen-bond donors (Lipinski definition) is 1. The van der Waals surface area contributed by atoms with Crippen LogP contribution in [0.25, 0.3) is 0 Å². The van der Waals surface area contributed by atoms with Gasteiger partial charge in [-0.1, -0.05) is 51.0 Å². The van der Waals surface area contributed by atoms with Gasteiger partial charge in [0.1, 0.15) is 5.75 Å². The van der Waals surface area contributed by atoms with Gasteiger partial charge in [0.25, 0.3) is 0 Å². The van der Waals surface area contributed by atoms with Gasteiger partial charge in [-0.3, -0.25) is 4.99 Å². The first-order valence-electron chi connectivity index (χ1n) is 7.34. The number of hydrogen-bond acceptors (Lipinski definition) is 2. The van der Waals surface area contributed by atoms with E-state index in [2.05, 4.69) is 30.7 Å². The first kappa shape index (κ1) is 14.3. The molecular weight excluding hydrogens is 250 g/mol. The van der Waals surface area contributed by atoms with Crippen molar-refractivity contribution in [2.45, 2.75) is 57.8 Å². The van der Waals surface area contributed by atoms with Crippen LogP contribution in [0.5, 0.6) is 5.75 Å². The quantitative estimate of drug-likeness (QED) is 0.662. The molecular formula is C16H25NOSi. The van der Waals surface area contributed by atoms with Crippen molar-refractivity contribution >= 4 is 19.5 Å². The van der Waals surface area contributed by atoms with E-state index in [0.717, 1.165) is 10.8 Å². The Morgan fingerprint density at radius 2 is 1.84 bits per heavy atom. The second-order valence-electron chi connectivity index (χ2n) is 6.56. The normalized spacial score (nSPS) is 18.1. The highest BCUT2D eigenvalue weighted by Gasteiger charge is 2.21. The molecule has 2 nitrogen and oxygen atoms in total. The molecule has 104 valence electrons. The summed E-state index contributed by atoms with van der Waals surface area (Å²) in [6.45, 7) is 6.76. The Morgan fingerprint density at radius 3 is 2.47 bits per heavy atom. The summed E-state index contributed by atoms with van der Waals surface area (Å²) in [7, 11) is -1.49. The largest absolute Gasteiger partial charge is 0.507 e. The van der Waals surface area contributed by atoms with Gasteiger partial charge in [-0.05, 0) is 24.1 Å². The average molecular weight is 275 g/mol. The summed E-state index contributed by atoms with van der Waals surface area (Å²) in [6.07, 6.45) is 8.22. The molecule has 1 aromatic rings. The molecule has 1 aromatic carbocycles. The number of aliphatic imine (C=N–C) groups is 1. The van der Waals surface area contributed by atoms with E-state index in [9.17, 15) is 5.11 Å². The van der Waals surface area contributed by atoms with Crippen LogP contribution in [0.1, 0.15) is 37.7 Å². The van der Waals surface area contributed by atoms with Crippen LogP contribution in [0.15, 0.2) is 23.2 Å². The van der Waals surface area contributed by atoms with Crippen LogP contribution in [0.3, 0.4) is 0 Å². The first-order valence-corrected chi connectivity index (χ1v) is 10.8. The van der Waals surface area contributed by atoms with Crippen molar-refractivity contribution in [1.29, 1.82) is 0 Å². The summed E-state index contributed by atoms with van der Waals surface area (Å²) < 4.78 is 0. The van der Waals surface area contributed by atoms with Crippen LogP contribution in [-0.4, -0.2) is 25.4 Å². The lowest BCUT2D eigenvalue weighted by atomic mass is 9.96. The molecule has 0 amide bonds. The van der Waals surface area contributed by atoms with Gasteiger partial charge in [0.15, 0.2) is 0 Å². The second kappa shape index (κ2) is 5.91. The summed E-state index contributed by atoms with van der Waals surface area (Å²) in [4.78, 5) is 4.67. The van der Waals surface area contributed by atoms with E-state index in [1.165, 1.54) is 32.1 Å². The molecule has 3 heteroatoms. The summed E-state index contributed by atoms with van der Waals surface area (Å²) in [6, 6.07) is 6.52. The molecule has 0 saturated heterocycles. The average Bonchev–Trinajstić information content (AvgIpc) is 2.37. The number of benzene rings is 1. The fraction of sp³-hybridized carbons (Fsp3) is 0.562. The van der Waals surface area contributed by atoms with E-state index >= 15 is 0 Å². The van der Waals surface area contributed by atoms with Gasteiger partial charge in [0, 0.05) is 17.8 Å². The Morgan fingerprint density at radius 1 is 1.16 bits per heavy atom. The van der Waals surface area contributed by atoms with Crippen molar-refractivity contribution in [2.75, 3.05) is 0 Å². The zero-order chi connectivity index (χ0) is 13.9. The highest BCUT2D eigenvalue weighted by Crippen LogP contribution is 2.21. The van der Waals surface area contributed by atoms with Crippen LogP contribution >= 0.6 is 0 Å². The standard InChI is InChI=1S/C16H25NOSi/c1-19(2,3)15-11-7-8-13(16(15)18)12-17-14-9-5-4-6-10-14/h7-8,11-12,14,18H,4-6,9-10H2,1-3H3. The van der Waals surface area contributed by atoms with Gasteiger partial charge in [-0.15, -0.1) is 0 Å². The summed E-state index contributed by atoms with van der Waals surface area (Å²) in [5, 5.41) is 11.5. The lowest BCUT2D eigenvalue weighted by Gasteiger charge is -2.20. The molecule has 0 bridgehead atoms. The Hall–Kier alpha value is -1.09. The molecule has 0 atom stereocenters. The highest BCUT2D eigenvalue weighted by atomic mass is 28.3. The maximum absolute atomic E-state index is 10.4. The SMILES string of the molecule is C[Si](C)(C)c1cccc(C=NC2CCCCC2)c1O. The molecule has 0 radical (unpaired) electrons. The third-order valence-corrected chi connectivity index (χ3v) is 5.89. The van der Waals surface area contributed by atoms with Crippen LogP contribution in [0.4, 0.5) is 0 Å². The van der Waals surface area contributed by atoms with E-state index in [1.807, 2.05) is 18.3 Å². The van der Waals surface area contributed by atoms with E-state index in [4.69, 9.17) is 0 Å². The highest BCUT2D eigenvalue weighted by molar-refractivity contribution is 6.89. The minimum Gasteiger partial charge on any atom is -0.507 e. The molecule has 1 N–H and O–H groups in total. The van der Waals surface area contributed by atoms with E-state index in [0.29, 0.717) is 11.8 Å². The van der Waals surface area contributed by atoms with Crippen molar-refractivity contribution in [3.05, 3.63) is 23.8 Å². The predicted molar refractivity (Wildman–Crippen MR) is 85.6 cm³/mol. The number of rotatable bonds is 3. The van der Waals surface area contributed by atoms with E-state index in [1.54, 1.807) is 0 Å². The fourth-order valence-electron chi connectivity index (χ4n) is 2.69. The molecule has 19 heavy (non-hydrogen) atoms. The van der Waals surface area contributed by atoms with Crippen molar-refractivity contribution in [1.82, 2.24) is 0 Å².